The van der Waals surface area contributed by atoms with Crippen molar-refractivity contribution in [3.63, 3.8) is 0 Å². The number of sulfonamides is 1. The van der Waals surface area contributed by atoms with Crippen LogP contribution in [-0.4, -0.2) is 25.9 Å². The number of nitro benzene ring substituents is 1. The predicted octanol–water partition coefficient (Wildman–Crippen LogP) is 2.38. The second-order valence-electron chi connectivity index (χ2n) is 5.46. The quantitative estimate of drug-likeness (QED) is 0.597. The normalized spacial score (nSPS) is 21.0. The van der Waals surface area contributed by atoms with Crippen molar-refractivity contribution in [1.29, 1.82) is 0 Å². The van der Waals surface area contributed by atoms with E-state index >= 15 is 0 Å². The number of benzene rings is 1. The van der Waals surface area contributed by atoms with Gasteiger partial charge in [-0.05, 0) is 38.3 Å². The highest BCUT2D eigenvalue weighted by Gasteiger charge is 2.31. The van der Waals surface area contributed by atoms with Crippen LogP contribution in [0, 0.1) is 23.0 Å². The van der Waals surface area contributed by atoms with Crippen LogP contribution in [0.5, 0.6) is 0 Å². The summed E-state index contributed by atoms with van der Waals surface area (Å²) in [6, 6.07) is 2.03. The van der Waals surface area contributed by atoms with Crippen LogP contribution in [0.25, 0.3) is 0 Å². The molecule has 1 aliphatic carbocycles. The first-order valence-corrected chi connectivity index (χ1v) is 8.79. The Balaban J connectivity index is 0.00000264. The van der Waals surface area contributed by atoms with Crippen molar-refractivity contribution in [2.75, 3.05) is 6.54 Å². The minimum Gasteiger partial charge on any atom is -0.330 e. The maximum atomic E-state index is 12.5. The van der Waals surface area contributed by atoms with E-state index in [0.717, 1.165) is 18.9 Å². The van der Waals surface area contributed by atoms with Crippen LogP contribution in [0.1, 0.15) is 24.8 Å². The number of halogens is 2. The summed E-state index contributed by atoms with van der Waals surface area (Å²) >= 11 is 5.93. The molecule has 1 aromatic carbocycles. The molecule has 7 nitrogen and oxygen atoms in total. The van der Waals surface area contributed by atoms with Crippen LogP contribution in [0.4, 0.5) is 5.69 Å². The van der Waals surface area contributed by atoms with E-state index in [-0.39, 0.29) is 45.5 Å². The second kappa shape index (κ2) is 7.76. The molecule has 0 spiro atoms. The highest BCUT2D eigenvalue weighted by atomic mass is 35.5. The van der Waals surface area contributed by atoms with E-state index < -0.39 is 14.9 Å². The highest BCUT2D eigenvalue weighted by Crippen LogP contribution is 2.31. The lowest BCUT2D eigenvalue weighted by Gasteiger charge is -2.19. The zero-order valence-corrected chi connectivity index (χ0v) is 14.9. The Labute approximate surface area is 146 Å². The molecule has 2 atom stereocenters. The summed E-state index contributed by atoms with van der Waals surface area (Å²) in [5.74, 6) is 0.0886. The fourth-order valence-electron chi connectivity index (χ4n) is 2.73. The Morgan fingerprint density at radius 3 is 2.65 bits per heavy atom. The van der Waals surface area contributed by atoms with Gasteiger partial charge >= 0.3 is 0 Å². The number of nitrogens with two attached hydrogens (primary N) is 1. The molecule has 1 fully saturated rings. The van der Waals surface area contributed by atoms with Gasteiger partial charge in [0.15, 0.2) is 0 Å². The molecule has 23 heavy (non-hydrogen) atoms. The molecule has 3 N–H and O–H groups in total. The zero-order chi connectivity index (χ0) is 16.5. The molecular weight excluding hydrogens is 365 g/mol. The van der Waals surface area contributed by atoms with Gasteiger partial charge in [0.1, 0.15) is 0 Å². The Kier molecular flexibility index (Phi) is 6.79. The molecule has 130 valence electrons. The third-order valence-electron chi connectivity index (χ3n) is 4.07. The molecule has 0 radical (unpaired) electrons. The van der Waals surface area contributed by atoms with Crippen LogP contribution >= 0.6 is 24.0 Å². The molecule has 0 heterocycles. The van der Waals surface area contributed by atoms with E-state index in [0.29, 0.717) is 13.0 Å². The standard InChI is InChI=1S/C13H18ClN3O4S.ClH/c1-8-11(14)5-10(6-13(8)17(18)19)22(20,21)16-12-4-2-3-9(12)7-15;/h5-6,9,12,16H,2-4,7,15H2,1H3;1H. The lowest BCUT2D eigenvalue weighted by atomic mass is 10.1. The molecule has 0 amide bonds. The zero-order valence-electron chi connectivity index (χ0n) is 12.5. The third kappa shape index (κ3) is 4.33. The second-order valence-corrected chi connectivity index (χ2v) is 7.58. The molecule has 1 saturated carbocycles. The summed E-state index contributed by atoms with van der Waals surface area (Å²) in [5.41, 5.74) is 5.58. The van der Waals surface area contributed by atoms with Gasteiger partial charge in [0.25, 0.3) is 5.69 Å². The van der Waals surface area contributed by atoms with Gasteiger partial charge in [-0.2, -0.15) is 0 Å². The number of nitrogens with zero attached hydrogens (tertiary/aromatic N) is 1. The Morgan fingerprint density at radius 1 is 1.43 bits per heavy atom. The SMILES string of the molecule is Cc1c(Cl)cc(S(=O)(=O)NC2CCCC2CN)cc1[N+](=O)[O-].Cl. The van der Waals surface area contributed by atoms with E-state index in [1.165, 1.54) is 13.0 Å². The maximum absolute atomic E-state index is 12.5. The van der Waals surface area contributed by atoms with Crippen molar-refractivity contribution in [3.05, 3.63) is 32.8 Å². The van der Waals surface area contributed by atoms with E-state index in [4.69, 9.17) is 17.3 Å². The summed E-state index contributed by atoms with van der Waals surface area (Å²) in [7, 11) is -3.88. The van der Waals surface area contributed by atoms with Crippen molar-refractivity contribution in [2.45, 2.75) is 37.1 Å². The van der Waals surface area contributed by atoms with Crippen molar-refractivity contribution in [3.8, 4) is 0 Å². The van der Waals surface area contributed by atoms with Gasteiger partial charge in [0.05, 0.1) is 14.8 Å². The summed E-state index contributed by atoms with van der Waals surface area (Å²) in [6.45, 7) is 1.88. The molecule has 1 aromatic rings. The monoisotopic (exact) mass is 383 g/mol. The lowest BCUT2D eigenvalue weighted by molar-refractivity contribution is -0.385. The minimum atomic E-state index is -3.88. The van der Waals surface area contributed by atoms with Gasteiger partial charge in [-0.3, -0.25) is 10.1 Å². The van der Waals surface area contributed by atoms with Crippen LogP contribution in [0.15, 0.2) is 17.0 Å². The smallest absolute Gasteiger partial charge is 0.275 e. The van der Waals surface area contributed by atoms with Crippen LogP contribution < -0.4 is 10.5 Å². The van der Waals surface area contributed by atoms with E-state index in [2.05, 4.69) is 4.72 Å². The largest absolute Gasteiger partial charge is 0.330 e. The minimum absolute atomic E-state index is 0. The molecule has 2 rings (SSSR count). The summed E-state index contributed by atoms with van der Waals surface area (Å²) in [4.78, 5) is 10.2. The van der Waals surface area contributed by atoms with Gasteiger partial charge in [-0.25, -0.2) is 13.1 Å². The summed E-state index contributed by atoms with van der Waals surface area (Å²) in [6.07, 6.45) is 2.49. The average molecular weight is 384 g/mol. The van der Waals surface area contributed by atoms with Gasteiger partial charge in [0.2, 0.25) is 10.0 Å². The van der Waals surface area contributed by atoms with Gasteiger partial charge in [-0.15, -0.1) is 12.4 Å². The molecule has 1 aliphatic rings. The fraction of sp³-hybridized carbons (Fsp3) is 0.538. The number of hydrogen-bond acceptors (Lipinski definition) is 5. The Hall–Kier alpha value is -0.930. The number of nitro groups is 1. The van der Waals surface area contributed by atoms with Crippen molar-refractivity contribution in [2.24, 2.45) is 11.7 Å². The summed E-state index contributed by atoms with van der Waals surface area (Å²) < 4.78 is 27.5. The van der Waals surface area contributed by atoms with Gasteiger partial charge in [0, 0.05) is 17.7 Å². The van der Waals surface area contributed by atoms with Crippen molar-refractivity contribution in [1.82, 2.24) is 4.72 Å². The first-order valence-electron chi connectivity index (χ1n) is 6.93. The van der Waals surface area contributed by atoms with Crippen LogP contribution in [0.3, 0.4) is 0 Å². The first kappa shape index (κ1) is 20.1. The van der Waals surface area contributed by atoms with E-state index in [1.54, 1.807) is 0 Å². The molecule has 0 aliphatic heterocycles. The number of rotatable bonds is 5. The molecule has 0 saturated heterocycles. The van der Waals surface area contributed by atoms with E-state index in [9.17, 15) is 18.5 Å². The summed E-state index contributed by atoms with van der Waals surface area (Å²) in [5, 5.41) is 11.1. The van der Waals surface area contributed by atoms with Crippen LogP contribution in [-0.2, 0) is 10.0 Å². The maximum Gasteiger partial charge on any atom is 0.275 e. The molecular formula is C13H19Cl2N3O4S. The Morgan fingerprint density at radius 2 is 2.09 bits per heavy atom. The van der Waals surface area contributed by atoms with Crippen LogP contribution in [0.2, 0.25) is 5.02 Å². The fourth-order valence-corrected chi connectivity index (χ4v) is 4.39. The highest BCUT2D eigenvalue weighted by molar-refractivity contribution is 7.89. The number of hydrogen-bond donors (Lipinski definition) is 2. The van der Waals surface area contributed by atoms with Crippen molar-refractivity contribution < 1.29 is 13.3 Å². The lowest BCUT2D eigenvalue weighted by Crippen LogP contribution is -2.39. The predicted molar refractivity (Wildman–Crippen MR) is 90.6 cm³/mol. The molecule has 0 bridgehead atoms. The van der Waals surface area contributed by atoms with Gasteiger partial charge < -0.3 is 5.73 Å². The first-order chi connectivity index (χ1) is 10.3. The average Bonchev–Trinajstić information content (AvgIpc) is 2.87. The van der Waals surface area contributed by atoms with Gasteiger partial charge in [-0.1, -0.05) is 18.0 Å². The van der Waals surface area contributed by atoms with E-state index in [1.807, 2.05) is 0 Å². The Bertz CT molecular complexity index is 697. The molecule has 10 heteroatoms. The molecule has 0 aromatic heterocycles. The third-order valence-corrected chi connectivity index (χ3v) is 5.93. The number of nitrogens with one attached hydrogen (secondary N) is 1. The molecule has 2 unspecified atom stereocenters. The topological polar surface area (TPSA) is 115 Å². The van der Waals surface area contributed by atoms with Crippen molar-refractivity contribution >= 4 is 39.7 Å².